The molecule has 5 aromatic rings. The van der Waals surface area contributed by atoms with Gasteiger partial charge in [-0.2, -0.15) is 0 Å². The van der Waals surface area contributed by atoms with Crippen molar-refractivity contribution in [1.82, 2.24) is 4.57 Å². The SMILES string of the molecule is Cn1c2ccccc2c2cc(C3CCCCC3)c3c4ccccc4oc3c21. The van der Waals surface area contributed by atoms with Gasteiger partial charge in [0, 0.05) is 34.1 Å². The van der Waals surface area contributed by atoms with Gasteiger partial charge in [0.2, 0.25) is 0 Å². The third kappa shape index (κ3) is 2.07. The highest BCUT2D eigenvalue weighted by Gasteiger charge is 2.24. The quantitative estimate of drug-likeness (QED) is 0.310. The summed E-state index contributed by atoms with van der Waals surface area (Å²) in [5.74, 6) is 0.644. The second-order valence-electron chi connectivity index (χ2n) is 8.08. The second kappa shape index (κ2) is 5.63. The molecule has 0 bridgehead atoms. The van der Waals surface area contributed by atoms with E-state index in [1.165, 1.54) is 70.2 Å². The second-order valence-corrected chi connectivity index (χ2v) is 8.08. The number of hydrogen-bond donors (Lipinski definition) is 0. The van der Waals surface area contributed by atoms with E-state index in [1.54, 1.807) is 0 Å². The van der Waals surface area contributed by atoms with Crippen LogP contribution in [0, 0.1) is 0 Å². The van der Waals surface area contributed by atoms with Crippen molar-refractivity contribution >= 4 is 43.7 Å². The summed E-state index contributed by atoms with van der Waals surface area (Å²) < 4.78 is 8.79. The molecule has 1 aliphatic rings. The Morgan fingerprint density at radius 3 is 2.44 bits per heavy atom. The molecule has 1 fully saturated rings. The number of furan rings is 1. The fourth-order valence-corrected chi connectivity index (χ4v) is 5.31. The first-order valence-electron chi connectivity index (χ1n) is 10.1. The Kier molecular flexibility index (Phi) is 3.19. The van der Waals surface area contributed by atoms with Crippen LogP contribution in [0.5, 0.6) is 0 Å². The third-order valence-electron chi connectivity index (χ3n) is 6.59. The van der Waals surface area contributed by atoms with Crippen molar-refractivity contribution in [2.24, 2.45) is 7.05 Å². The predicted octanol–water partition coefficient (Wildman–Crippen LogP) is 7.28. The first kappa shape index (κ1) is 15.3. The summed E-state index contributed by atoms with van der Waals surface area (Å²) in [7, 11) is 2.16. The zero-order chi connectivity index (χ0) is 18.0. The van der Waals surface area contributed by atoms with Crippen molar-refractivity contribution in [3.63, 3.8) is 0 Å². The molecule has 0 atom stereocenters. The highest BCUT2D eigenvalue weighted by Crippen LogP contribution is 2.45. The number of fused-ring (bicyclic) bond motifs is 7. The van der Waals surface area contributed by atoms with Crippen molar-refractivity contribution in [1.29, 1.82) is 0 Å². The Labute approximate surface area is 158 Å². The molecule has 27 heavy (non-hydrogen) atoms. The number of para-hydroxylation sites is 2. The molecule has 6 rings (SSSR count). The van der Waals surface area contributed by atoms with E-state index < -0.39 is 0 Å². The molecule has 0 amide bonds. The summed E-state index contributed by atoms with van der Waals surface area (Å²) in [6, 6.07) is 19.7. The lowest BCUT2D eigenvalue weighted by Crippen LogP contribution is -2.05. The average molecular weight is 353 g/mol. The monoisotopic (exact) mass is 353 g/mol. The standard InChI is InChI=1S/C25H23NO/c1-26-21-13-7-5-11-17(21)20-15-19(16-9-3-2-4-10-16)23-18-12-6-8-14-22(18)27-25(23)24(20)26/h5-8,11-16H,2-4,9-10H2,1H3. The van der Waals surface area contributed by atoms with Crippen molar-refractivity contribution in [2.45, 2.75) is 38.0 Å². The molecule has 2 heterocycles. The zero-order valence-electron chi connectivity index (χ0n) is 15.7. The average Bonchev–Trinajstić information content (AvgIpc) is 3.24. The van der Waals surface area contributed by atoms with Crippen LogP contribution in [0.25, 0.3) is 43.7 Å². The Bertz CT molecular complexity index is 1310. The van der Waals surface area contributed by atoms with Gasteiger partial charge in [-0.25, -0.2) is 0 Å². The van der Waals surface area contributed by atoms with Gasteiger partial charge >= 0.3 is 0 Å². The van der Waals surface area contributed by atoms with Gasteiger partial charge in [-0.1, -0.05) is 55.7 Å². The summed E-state index contributed by atoms with van der Waals surface area (Å²) in [5, 5.41) is 5.27. The molecule has 0 unspecified atom stereocenters. The first-order valence-corrected chi connectivity index (χ1v) is 10.1. The Morgan fingerprint density at radius 1 is 0.852 bits per heavy atom. The number of hydrogen-bond acceptors (Lipinski definition) is 1. The van der Waals surface area contributed by atoms with E-state index in [0.29, 0.717) is 5.92 Å². The van der Waals surface area contributed by atoms with Crippen LogP contribution in [0.15, 0.2) is 59.0 Å². The summed E-state index contributed by atoms with van der Waals surface area (Å²) in [5.41, 5.74) is 6.06. The predicted molar refractivity (Wildman–Crippen MR) is 114 cm³/mol. The topological polar surface area (TPSA) is 18.1 Å². The van der Waals surface area contributed by atoms with Crippen LogP contribution in [0.2, 0.25) is 0 Å². The van der Waals surface area contributed by atoms with Crippen LogP contribution in [-0.2, 0) is 7.05 Å². The molecule has 0 aliphatic heterocycles. The van der Waals surface area contributed by atoms with Gasteiger partial charge in [0.15, 0.2) is 5.58 Å². The fourth-order valence-electron chi connectivity index (χ4n) is 5.31. The molecule has 2 nitrogen and oxygen atoms in total. The fraction of sp³-hybridized carbons (Fsp3) is 0.280. The maximum absolute atomic E-state index is 6.49. The van der Waals surface area contributed by atoms with E-state index in [9.17, 15) is 0 Å². The van der Waals surface area contributed by atoms with E-state index >= 15 is 0 Å². The Morgan fingerprint density at radius 2 is 1.59 bits per heavy atom. The molecule has 0 saturated heterocycles. The molecule has 2 heteroatoms. The number of aromatic nitrogens is 1. The lowest BCUT2D eigenvalue weighted by atomic mass is 9.82. The van der Waals surface area contributed by atoms with Crippen LogP contribution in [-0.4, -0.2) is 4.57 Å². The smallest absolute Gasteiger partial charge is 0.159 e. The molecule has 3 aromatic carbocycles. The molecule has 1 aliphatic carbocycles. The first-order chi connectivity index (χ1) is 13.3. The normalized spacial score (nSPS) is 16.2. The molecular formula is C25H23NO. The van der Waals surface area contributed by atoms with E-state index in [2.05, 4.69) is 66.2 Å². The van der Waals surface area contributed by atoms with Gasteiger partial charge in [-0.15, -0.1) is 0 Å². The highest BCUT2D eigenvalue weighted by atomic mass is 16.3. The summed E-state index contributed by atoms with van der Waals surface area (Å²) in [6.07, 6.45) is 6.66. The maximum Gasteiger partial charge on any atom is 0.159 e. The van der Waals surface area contributed by atoms with Crippen molar-refractivity contribution in [3.05, 3.63) is 60.2 Å². The van der Waals surface area contributed by atoms with E-state index in [4.69, 9.17) is 4.42 Å². The van der Waals surface area contributed by atoms with Gasteiger partial charge in [0.25, 0.3) is 0 Å². The van der Waals surface area contributed by atoms with Crippen LogP contribution in [0.4, 0.5) is 0 Å². The van der Waals surface area contributed by atoms with Crippen LogP contribution in [0.1, 0.15) is 43.6 Å². The Hall–Kier alpha value is -2.74. The van der Waals surface area contributed by atoms with Gasteiger partial charge in [0.05, 0.1) is 5.52 Å². The minimum atomic E-state index is 0.644. The summed E-state index contributed by atoms with van der Waals surface area (Å²) in [6.45, 7) is 0. The summed E-state index contributed by atoms with van der Waals surface area (Å²) >= 11 is 0. The molecular weight excluding hydrogens is 330 g/mol. The van der Waals surface area contributed by atoms with E-state index in [0.717, 1.165) is 11.2 Å². The molecule has 0 radical (unpaired) electrons. The number of rotatable bonds is 1. The molecule has 0 N–H and O–H groups in total. The molecule has 2 aromatic heterocycles. The molecule has 1 saturated carbocycles. The van der Waals surface area contributed by atoms with Gasteiger partial charge in [-0.3, -0.25) is 0 Å². The van der Waals surface area contributed by atoms with Crippen molar-refractivity contribution < 1.29 is 4.42 Å². The minimum absolute atomic E-state index is 0.644. The maximum atomic E-state index is 6.49. The number of nitrogens with zero attached hydrogens (tertiary/aromatic N) is 1. The minimum Gasteiger partial charge on any atom is -0.454 e. The highest BCUT2D eigenvalue weighted by molar-refractivity contribution is 6.22. The molecule has 134 valence electrons. The van der Waals surface area contributed by atoms with Crippen LogP contribution >= 0.6 is 0 Å². The number of aryl methyl sites for hydroxylation is 1. The Balaban J connectivity index is 1.84. The molecule has 0 spiro atoms. The largest absolute Gasteiger partial charge is 0.454 e. The number of benzene rings is 3. The lowest BCUT2D eigenvalue weighted by molar-refractivity contribution is 0.446. The van der Waals surface area contributed by atoms with Gasteiger partial charge in [-0.05, 0) is 42.5 Å². The lowest BCUT2D eigenvalue weighted by Gasteiger charge is -2.23. The third-order valence-corrected chi connectivity index (χ3v) is 6.59. The zero-order valence-corrected chi connectivity index (χ0v) is 15.7. The van der Waals surface area contributed by atoms with Gasteiger partial charge < -0.3 is 8.98 Å². The van der Waals surface area contributed by atoms with E-state index in [-0.39, 0.29) is 0 Å². The van der Waals surface area contributed by atoms with Crippen molar-refractivity contribution in [3.8, 4) is 0 Å². The van der Waals surface area contributed by atoms with Gasteiger partial charge in [0.1, 0.15) is 5.58 Å². The summed E-state index contributed by atoms with van der Waals surface area (Å²) in [4.78, 5) is 0. The van der Waals surface area contributed by atoms with E-state index in [1.807, 2.05) is 0 Å². The van der Waals surface area contributed by atoms with Crippen molar-refractivity contribution in [2.75, 3.05) is 0 Å². The van der Waals surface area contributed by atoms with Crippen LogP contribution in [0.3, 0.4) is 0 Å². The van der Waals surface area contributed by atoms with Crippen LogP contribution < -0.4 is 0 Å².